The summed E-state index contributed by atoms with van der Waals surface area (Å²) in [6, 6.07) is -1.53. The number of halogens is 6. The van der Waals surface area contributed by atoms with Gasteiger partial charge in [-0.25, -0.2) is 0 Å². The SMILES string of the molecule is CCCNC(C1CC1)C(C(F)(F)F)C(F)(F)F. The van der Waals surface area contributed by atoms with Crippen molar-refractivity contribution in [3.8, 4) is 0 Å². The first-order chi connectivity index (χ1) is 7.68. The third kappa shape index (κ3) is 4.04. The zero-order chi connectivity index (χ0) is 13.3. The normalized spacial score (nSPS) is 19.8. The molecule has 1 unspecified atom stereocenters. The van der Waals surface area contributed by atoms with E-state index in [1.807, 2.05) is 0 Å². The van der Waals surface area contributed by atoms with Gasteiger partial charge in [-0.1, -0.05) is 6.92 Å². The quantitative estimate of drug-likeness (QED) is 0.748. The second-order valence-corrected chi connectivity index (χ2v) is 4.38. The highest BCUT2D eigenvalue weighted by Gasteiger charge is 2.62. The Labute approximate surface area is 95.6 Å². The first-order valence-electron chi connectivity index (χ1n) is 5.54. The van der Waals surface area contributed by atoms with E-state index in [1.165, 1.54) is 0 Å². The van der Waals surface area contributed by atoms with Crippen LogP contribution in [0.2, 0.25) is 0 Å². The molecule has 7 heteroatoms. The highest BCUT2D eigenvalue weighted by Crippen LogP contribution is 2.47. The second kappa shape index (κ2) is 5.04. The summed E-state index contributed by atoms with van der Waals surface area (Å²) in [7, 11) is 0. The van der Waals surface area contributed by atoms with E-state index in [1.54, 1.807) is 6.92 Å². The molecule has 0 aliphatic heterocycles. The summed E-state index contributed by atoms with van der Waals surface area (Å²) in [6.07, 6.45) is -9.11. The summed E-state index contributed by atoms with van der Waals surface area (Å²) in [5.41, 5.74) is 0. The average molecular weight is 263 g/mol. The van der Waals surface area contributed by atoms with Gasteiger partial charge in [-0.15, -0.1) is 0 Å². The Kier molecular flexibility index (Phi) is 4.33. The Morgan fingerprint density at radius 1 is 1.06 bits per heavy atom. The molecule has 1 aliphatic rings. The minimum atomic E-state index is -5.24. The van der Waals surface area contributed by atoms with Crippen LogP contribution in [0.3, 0.4) is 0 Å². The Morgan fingerprint density at radius 3 is 1.82 bits per heavy atom. The minimum absolute atomic E-state index is 0.170. The lowest BCUT2D eigenvalue weighted by Gasteiger charge is -2.31. The molecule has 1 N–H and O–H groups in total. The molecule has 1 rings (SSSR count). The summed E-state index contributed by atoms with van der Waals surface area (Å²) in [5.74, 6) is -3.76. The van der Waals surface area contributed by atoms with Crippen molar-refractivity contribution in [2.45, 2.75) is 44.6 Å². The molecule has 1 atom stereocenters. The van der Waals surface area contributed by atoms with Crippen LogP contribution in [0.1, 0.15) is 26.2 Å². The number of hydrogen-bond acceptors (Lipinski definition) is 1. The molecule has 1 saturated carbocycles. The second-order valence-electron chi connectivity index (χ2n) is 4.38. The largest absolute Gasteiger partial charge is 0.402 e. The van der Waals surface area contributed by atoms with Crippen LogP contribution in [0.4, 0.5) is 26.3 Å². The predicted molar refractivity (Wildman–Crippen MR) is 50.4 cm³/mol. The van der Waals surface area contributed by atoms with E-state index >= 15 is 0 Å². The molecule has 0 bridgehead atoms. The molecule has 0 aromatic rings. The molecule has 1 aliphatic carbocycles. The molecule has 0 amide bonds. The molecular weight excluding hydrogens is 248 g/mol. The van der Waals surface area contributed by atoms with E-state index in [4.69, 9.17) is 0 Å². The maximum Gasteiger partial charge on any atom is 0.402 e. The number of hydrogen-bond donors (Lipinski definition) is 1. The van der Waals surface area contributed by atoms with Crippen molar-refractivity contribution >= 4 is 0 Å². The van der Waals surface area contributed by atoms with Crippen LogP contribution in [-0.2, 0) is 0 Å². The van der Waals surface area contributed by atoms with Gasteiger partial charge in [0.05, 0.1) is 0 Å². The number of rotatable bonds is 5. The van der Waals surface area contributed by atoms with Gasteiger partial charge in [-0.3, -0.25) is 0 Å². The average Bonchev–Trinajstić information content (AvgIpc) is 2.90. The van der Waals surface area contributed by atoms with E-state index in [-0.39, 0.29) is 6.54 Å². The Balaban J connectivity index is 2.84. The third-order valence-corrected chi connectivity index (χ3v) is 2.82. The van der Waals surface area contributed by atoms with Gasteiger partial charge in [0.1, 0.15) is 0 Å². The van der Waals surface area contributed by atoms with Gasteiger partial charge in [0, 0.05) is 6.04 Å². The number of alkyl halides is 6. The van der Waals surface area contributed by atoms with Crippen LogP contribution in [0.15, 0.2) is 0 Å². The molecule has 0 aromatic heterocycles. The first kappa shape index (κ1) is 14.6. The van der Waals surface area contributed by atoms with Crippen molar-refractivity contribution < 1.29 is 26.3 Å². The van der Waals surface area contributed by atoms with Crippen molar-refractivity contribution in [2.75, 3.05) is 6.54 Å². The summed E-state index contributed by atoms with van der Waals surface area (Å²) < 4.78 is 75.1. The lowest BCUT2D eigenvalue weighted by atomic mass is 9.94. The van der Waals surface area contributed by atoms with Crippen LogP contribution in [0.25, 0.3) is 0 Å². The highest BCUT2D eigenvalue weighted by atomic mass is 19.4. The summed E-state index contributed by atoms with van der Waals surface area (Å²) in [5, 5.41) is 2.40. The molecule has 1 nitrogen and oxygen atoms in total. The molecule has 0 radical (unpaired) electrons. The van der Waals surface area contributed by atoms with Crippen LogP contribution in [0.5, 0.6) is 0 Å². The topological polar surface area (TPSA) is 12.0 Å². The van der Waals surface area contributed by atoms with E-state index in [0.29, 0.717) is 19.3 Å². The monoisotopic (exact) mass is 263 g/mol. The van der Waals surface area contributed by atoms with Crippen LogP contribution < -0.4 is 5.32 Å². The van der Waals surface area contributed by atoms with Gasteiger partial charge >= 0.3 is 12.4 Å². The smallest absolute Gasteiger partial charge is 0.313 e. The zero-order valence-corrected chi connectivity index (χ0v) is 9.33. The Bertz CT molecular complexity index is 228. The summed E-state index contributed by atoms with van der Waals surface area (Å²) >= 11 is 0. The molecule has 17 heavy (non-hydrogen) atoms. The molecule has 102 valence electrons. The number of nitrogens with one attached hydrogen (secondary N) is 1. The van der Waals surface area contributed by atoms with Crippen molar-refractivity contribution in [3.63, 3.8) is 0 Å². The maximum atomic E-state index is 12.5. The van der Waals surface area contributed by atoms with Gasteiger partial charge in [0.15, 0.2) is 5.92 Å². The Morgan fingerprint density at radius 2 is 1.53 bits per heavy atom. The van der Waals surface area contributed by atoms with Crippen molar-refractivity contribution in [2.24, 2.45) is 11.8 Å². The van der Waals surface area contributed by atoms with Gasteiger partial charge in [-0.05, 0) is 31.7 Å². The first-order valence-corrected chi connectivity index (χ1v) is 5.54. The van der Waals surface area contributed by atoms with Crippen molar-refractivity contribution in [1.29, 1.82) is 0 Å². The fourth-order valence-electron chi connectivity index (χ4n) is 1.92. The molecule has 0 spiro atoms. The summed E-state index contributed by atoms with van der Waals surface area (Å²) in [6.45, 7) is 1.87. The van der Waals surface area contributed by atoms with E-state index in [2.05, 4.69) is 5.32 Å². The fraction of sp³-hybridized carbons (Fsp3) is 1.00. The third-order valence-electron chi connectivity index (χ3n) is 2.82. The van der Waals surface area contributed by atoms with Crippen LogP contribution in [0, 0.1) is 11.8 Å². The minimum Gasteiger partial charge on any atom is -0.313 e. The Hall–Kier alpha value is -0.460. The standard InChI is InChI=1S/C10H15F6N/c1-2-5-17-7(6-3-4-6)8(9(11,12)13)10(14,15)16/h6-8,17H,2-5H2,1H3. The van der Waals surface area contributed by atoms with Crippen LogP contribution >= 0.6 is 0 Å². The molecule has 0 aromatic carbocycles. The van der Waals surface area contributed by atoms with E-state index < -0.39 is 30.2 Å². The van der Waals surface area contributed by atoms with E-state index in [9.17, 15) is 26.3 Å². The molecule has 0 heterocycles. The lowest BCUT2D eigenvalue weighted by Crippen LogP contribution is -2.52. The van der Waals surface area contributed by atoms with Crippen LogP contribution in [-0.4, -0.2) is 24.9 Å². The van der Waals surface area contributed by atoms with Gasteiger partial charge in [0.25, 0.3) is 0 Å². The predicted octanol–water partition coefficient (Wildman–Crippen LogP) is 3.51. The molecule has 0 saturated heterocycles. The lowest BCUT2D eigenvalue weighted by molar-refractivity contribution is -0.293. The van der Waals surface area contributed by atoms with Crippen molar-refractivity contribution in [3.05, 3.63) is 0 Å². The van der Waals surface area contributed by atoms with Gasteiger partial charge < -0.3 is 5.32 Å². The van der Waals surface area contributed by atoms with Gasteiger partial charge in [0.2, 0.25) is 0 Å². The fourth-order valence-corrected chi connectivity index (χ4v) is 1.92. The molecular formula is C10H15F6N. The highest BCUT2D eigenvalue weighted by molar-refractivity contribution is 4.96. The van der Waals surface area contributed by atoms with Crippen molar-refractivity contribution in [1.82, 2.24) is 5.32 Å². The zero-order valence-electron chi connectivity index (χ0n) is 9.33. The van der Waals surface area contributed by atoms with E-state index in [0.717, 1.165) is 0 Å². The maximum absolute atomic E-state index is 12.5. The molecule has 1 fully saturated rings. The van der Waals surface area contributed by atoms with Gasteiger partial charge in [-0.2, -0.15) is 26.3 Å². The summed E-state index contributed by atoms with van der Waals surface area (Å²) in [4.78, 5) is 0.